The highest BCUT2D eigenvalue weighted by atomic mass is 35.5. The largest absolute Gasteiger partial charge is 0.495 e. The molecular formula is C19H17ClO5S. The van der Waals surface area contributed by atoms with E-state index >= 15 is 0 Å². The normalized spacial score (nSPS) is 10.3. The predicted octanol–water partition coefficient (Wildman–Crippen LogP) is 4.07. The second kappa shape index (κ2) is 9.40. The lowest BCUT2D eigenvalue weighted by molar-refractivity contribution is -0.114. The second-order valence-corrected chi connectivity index (χ2v) is 6.76. The number of ether oxygens (including phenoxy) is 2. The van der Waals surface area contributed by atoms with E-state index in [1.165, 1.54) is 31.9 Å². The van der Waals surface area contributed by atoms with Crippen LogP contribution in [0.25, 0.3) is 0 Å². The zero-order valence-electron chi connectivity index (χ0n) is 14.3. The molecule has 0 unspecified atom stereocenters. The molecule has 2 aromatic carbocycles. The van der Waals surface area contributed by atoms with Crippen LogP contribution in [-0.4, -0.2) is 37.0 Å². The van der Waals surface area contributed by atoms with Crippen molar-refractivity contribution in [3.8, 4) is 5.75 Å². The van der Waals surface area contributed by atoms with Crippen LogP contribution in [0.5, 0.6) is 5.75 Å². The van der Waals surface area contributed by atoms with Gasteiger partial charge in [0.05, 0.1) is 23.4 Å². The molecule has 0 radical (unpaired) electrons. The van der Waals surface area contributed by atoms with Crippen molar-refractivity contribution < 1.29 is 23.9 Å². The fourth-order valence-electron chi connectivity index (χ4n) is 2.07. The summed E-state index contributed by atoms with van der Waals surface area (Å²) in [6.07, 6.45) is 0. The number of ketones is 2. The van der Waals surface area contributed by atoms with Crippen LogP contribution < -0.4 is 4.74 Å². The van der Waals surface area contributed by atoms with Crippen LogP contribution >= 0.6 is 23.4 Å². The SMILES string of the molecule is COc1ccc(C(=O)COC(=O)c2ccccc2SCC(C)=O)cc1Cl. The van der Waals surface area contributed by atoms with Crippen LogP contribution in [0.3, 0.4) is 0 Å². The Morgan fingerprint density at radius 2 is 1.85 bits per heavy atom. The predicted molar refractivity (Wildman–Crippen MR) is 100 cm³/mol. The van der Waals surface area contributed by atoms with E-state index in [9.17, 15) is 14.4 Å². The topological polar surface area (TPSA) is 69.7 Å². The van der Waals surface area contributed by atoms with Gasteiger partial charge in [-0.15, -0.1) is 11.8 Å². The molecule has 0 N–H and O–H groups in total. The lowest BCUT2D eigenvalue weighted by Crippen LogP contribution is -2.15. The minimum atomic E-state index is -0.621. The van der Waals surface area contributed by atoms with Crippen LogP contribution in [-0.2, 0) is 9.53 Å². The molecule has 0 spiro atoms. The van der Waals surface area contributed by atoms with Gasteiger partial charge in [-0.25, -0.2) is 4.79 Å². The summed E-state index contributed by atoms with van der Waals surface area (Å²) in [6, 6.07) is 11.4. The zero-order chi connectivity index (χ0) is 19.1. The van der Waals surface area contributed by atoms with E-state index in [4.69, 9.17) is 21.1 Å². The molecule has 0 saturated carbocycles. The molecule has 0 saturated heterocycles. The molecule has 5 nitrogen and oxygen atoms in total. The van der Waals surface area contributed by atoms with Gasteiger partial charge in [-0.1, -0.05) is 23.7 Å². The summed E-state index contributed by atoms with van der Waals surface area (Å²) >= 11 is 7.25. The highest BCUT2D eigenvalue weighted by molar-refractivity contribution is 8.00. The second-order valence-electron chi connectivity index (χ2n) is 5.34. The number of benzene rings is 2. The van der Waals surface area contributed by atoms with Crippen molar-refractivity contribution in [2.24, 2.45) is 0 Å². The van der Waals surface area contributed by atoms with Crippen molar-refractivity contribution in [1.82, 2.24) is 0 Å². The number of rotatable bonds is 8. The molecule has 0 aliphatic heterocycles. The quantitative estimate of drug-likeness (QED) is 0.383. The molecular weight excluding hydrogens is 376 g/mol. The van der Waals surface area contributed by atoms with Gasteiger partial charge in [0.15, 0.2) is 12.4 Å². The Bertz CT molecular complexity index is 834. The Hall–Kier alpha value is -2.31. The van der Waals surface area contributed by atoms with Crippen LogP contribution in [0.4, 0.5) is 0 Å². The first-order chi connectivity index (χ1) is 12.4. The third kappa shape index (κ3) is 5.34. The van der Waals surface area contributed by atoms with Crippen molar-refractivity contribution in [2.75, 3.05) is 19.5 Å². The first-order valence-electron chi connectivity index (χ1n) is 7.67. The first kappa shape index (κ1) is 20.0. The molecule has 2 rings (SSSR count). The Balaban J connectivity index is 2.03. The van der Waals surface area contributed by atoms with Crippen LogP contribution in [0.15, 0.2) is 47.4 Å². The van der Waals surface area contributed by atoms with Gasteiger partial charge in [0.1, 0.15) is 11.5 Å². The highest BCUT2D eigenvalue weighted by Gasteiger charge is 2.16. The number of hydrogen-bond acceptors (Lipinski definition) is 6. The summed E-state index contributed by atoms with van der Waals surface area (Å²) in [5.74, 6) is -0.282. The van der Waals surface area contributed by atoms with Crippen LogP contribution in [0, 0.1) is 0 Å². The minimum absolute atomic E-state index is 0.00438. The van der Waals surface area contributed by atoms with Crippen molar-refractivity contribution in [3.63, 3.8) is 0 Å². The van der Waals surface area contributed by atoms with Crippen molar-refractivity contribution in [2.45, 2.75) is 11.8 Å². The van der Waals surface area contributed by atoms with E-state index in [0.717, 1.165) is 0 Å². The number of esters is 1. The van der Waals surface area contributed by atoms with E-state index in [-0.39, 0.29) is 17.3 Å². The molecule has 0 fully saturated rings. The summed E-state index contributed by atoms with van der Waals surface area (Å²) in [4.78, 5) is 36.3. The van der Waals surface area contributed by atoms with Gasteiger partial charge >= 0.3 is 5.97 Å². The molecule has 2 aromatic rings. The van der Waals surface area contributed by atoms with Crippen molar-refractivity contribution >= 4 is 40.9 Å². The standard InChI is InChI=1S/C19H17ClO5S/c1-12(21)11-26-18-6-4-3-5-14(18)19(23)25-10-16(22)13-7-8-17(24-2)15(20)9-13/h3-9H,10-11H2,1-2H3. The van der Waals surface area contributed by atoms with E-state index < -0.39 is 12.6 Å². The van der Waals surface area contributed by atoms with Gasteiger partial charge < -0.3 is 9.47 Å². The van der Waals surface area contributed by atoms with E-state index in [0.29, 0.717) is 26.8 Å². The Labute approximate surface area is 160 Å². The molecule has 26 heavy (non-hydrogen) atoms. The number of carbonyl (C=O) groups excluding carboxylic acids is 3. The van der Waals surface area contributed by atoms with Crippen molar-refractivity contribution in [1.29, 1.82) is 0 Å². The maximum Gasteiger partial charge on any atom is 0.339 e. The molecule has 7 heteroatoms. The molecule has 0 aliphatic carbocycles. The van der Waals surface area contributed by atoms with E-state index in [1.54, 1.807) is 36.4 Å². The van der Waals surface area contributed by atoms with Gasteiger partial charge in [0.2, 0.25) is 0 Å². The molecule has 0 amide bonds. The number of Topliss-reactive ketones (excluding diaryl/α,β-unsaturated/α-hetero) is 2. The molecule has 136 valence electrons. The molecule has 0 aliphatic rings. The summed E-state index contributed by atoms with van der Waals surface area (Å²) in [5.41, 5.74) is 0.641. The van der Waals surface area contributed by atoms with Gasteiger partial charge in [0.25, 0.3) is 0 Å². The molecule has 0 heterocycles. The third-order valence-corrected chi connectivity index (χ3v) is 4.86. The van der Waals surface area contributed by atoms with Gasteiger partial charge in [-0.05, 0) is 37.3 Å². The fourth-order valence-corrected chi connectivity index (χ4v) is 3.17. The molecule has 0 atom stereocenters. The Morgan fingerprint density at radius 1 is 1.12 bits per heavy atom. The van der Waals surface area contributed by atoms with E-state index in [2.05, 4.69) is 0 Å². The number of halogens is 1. The monoisotopic (exact) mass is 392 g/mol. The first-order valence-corrected chi connectivity index (χ1v) is 9.04. The maximum absolute atomic E-state index is 12.3. The van der Waals surface area contributed by atoms with Crippen molar-refractivity contribution in [3.05, 3.63) is 58.6 Å². The van der Waals surface area contributed by atoms with E-state index in [1.807, 2.05) is 0 Å². The lowest BCUT2D eigenvalue weighted by atomic mass is 10.1. The Morgan fingerprint density at radius 3 is 2.50 bits per heavy atom. The van der Waals surface area contributed by atoms with Crippen LogP contribution in [0.2, 0.25) is 5.02 Å². The van der Waals surface area contributed by atoms with Gasteiger partial charge in [-0.3, -0.25) is 9.59 Å². The molecule has 0 bridgehead atoms. The third-order valence-electron chi connectivity index (χ3n) is 3.35. The summed E-state index contributed by atoms with van der Waals surface area (Å²) in [5, 5.41) is 0.302. The zero-order valence-corrected chi connectivity index (χ0v) is 15.9. The summed E-state index contributed by atoms with van der Waals surface area (Å²) in [7, 11) is 1.48. The Kier molecular flexibility index (Phi) is 7.24. The number of carbonyl (C=O) groups is 3. The number of thioether (sulfide) groups is 1. The van der Waals surface area contributed by atoms with Gasteiger partial charge in [-0.2, -0.15) is 0 Å². The lowest BCUT2D eigenvalue weighted by Gasteiger charge is -2.09. The smallest absolute Gasteiger partial charge is 0.339 e. The average molecular weight is 393 g/mol. The average Bonchev–Trinajstić information content (AvgIpc) is 2.64. The number of methoxy groups -OCH3 is 1. The number of hydrogen-bond donors (Lipinski definition) is 0. The van der Waals surface area contributed by atoms with Crippen LogP contribution in [0.1, 0.15) is 27.6 Å². The molecule has 0 aromatic heterocycles. The minimum Gasteiger partial charge on any atom is -0.495 e. The fraction of sp³-hybridized carbons (Fsp3) is 0.211. The summed E-state index contributed by atoms with van der Waals surface area (Å²) in [6.45, 7) is 1.07. The summed E-state index contributed by atoms with van der Waals surface area (Å²) < 4.78 is 10.2. The maximum atomic E-state index is 12.3. The van der Waals surface area contributed by atoms with Gasteiger partial charge in [0, 0.05) is 10.5 Å². The highest BCUT2D eigenvalue weighted by Crippen LogP contribution is 2.26.